The normalized spacial score (nSPS) is 17.7. The Morgan fingerprint density at radius 1 is 0.920 bits per heavy atom. The van der Waals surface area contributed by atoms with Crippen LogP contribution in [0, 0.1) is 0 Å². The molecule has 2 rings (SSSR count). The molecule has 25 heavy (non-hydrogen) atoms. The van der Waals surface area contributed by atoms with E-state index in [4.69, 9.17) is 9.57 Å². The van der Waals surface area contributed by atoms with Gasteiger partial charge in [0, 0.05) is 45.4 Å². The first-order valence-corrected chi connectivity index (χ1v) is 8.18. The van der Waals surface area contributed by atoms with Gasteiger partial charge in [-0.1, -0.05) is 0 Å². The number of carbonyl (C=O) groups excluding carboxylic acids is 5. The van der Waals surface area contributed by atoms with E-state index in [0.29, 0.717) is 37.8 Å². The minimum atomic E-state index is -0.804. The zero-order valence-corrected chi connectivity index (χ0v) is 14.1. The highest BCUT2D eigenvalue weighted by molar-refractivity contribution is 6.01. The number of amides is 4. The van der Waals surface area contributed by atoms with Gasteiger partial charge in [-0.15, -0.1) is 5.06 Å². The van der Waals surface area contributed by atoms with Crippen molar-refractivity contribution < 1.29 is 33.5 Å². The van der Waals surface area contributed by atoms with Gasteiger partial charge in [0.25, 0.3) is 11.8 Å². The maximum atomic E-state index is 12.1. The van der Waals surface area contributed by atoms with Gasteiger partial charge in [0.15, 0.2) is 0 Å². The minimum Gasteiger partial charge on any atom is -0.450 e. The lowest BCUT2D eigenvalue weighted by Gasteiger charge is -2.34. The van der Waals surface area contributed by atoms with E-state index in [0.717, 1.165) is 0 Å². The Bertz CT molecular complexity index is 553. The fraction of sp³-hybridized carbons (Fsp3) is 0.667. The lowest BCUT2D eigenvalue weighted by Crippen LogP contribution is -2.50. The van der Waals surface area contributed by atoms with Crippen molar-refractivity contribution in [1.29, 1.82) is 0 Å². The largest absolute Gasteiger partial charge is 0.450 e. The van der Waals surface area contributed by atoms with Crippen molar-refractivity contribution in [2.75, 3.05) is 32.8 Å². The second-order valence-electron chi connectivity index (χ2n) is 5.61. The predicted octanol–water partition coefficient (Wildman–Crippen LogP) is -0.325. The van der Waals surface area contributed by atoms with Crippen LogP contribution in [-0.2, 0) is 28.8 Å². The number of ether oxygens (including phenoxy) is 1. The highest BCUT2D eigenvalue weighted by Crippen LogP contribution is 2.13. The second-order valence-corrected chi connectivity index (χ2v) is 5.61. The highest BCUT2D eigenvalue weighted by atomic mass is 16.7. The van der Waals surface area contributed by atoms with Gasteiger partial charge in [-0.3, -0.25) is 14.4 Å². The first-order valence-electron chi connectivity index (χ1n) is 8.18. The van der Waals surface area contributed by atoms with E-state index >= 15 is 0 Å². The van der Waals surface area contributed by atoms with E-state index in [9.17, 15) is 24.0 Å². The third-order valence-electron chi connectivity index (χ3n) is 3.90. The number of piperazine rings is 1. The summed E-state index contributed by atoms with van der Waals surface area (Å²) in [6, 6.07) is 0. The number of carbonyl (C=O) groups is 5. The molecule has 2 aliphatic rings. The van der Waals surface area contributed by atoms with E-state index in [2.05, 4.69) is 0 Å². The summed E-state index contributed by atoms with van der Waals surface area (Å²) in [4.78, 5) is 65.8. The van der Waals surface area contributed by atoms with E-state index in [1.54, 1.807) is 11.8 Å². The maximum absolute atomic E-state index is 12.1. The molecule has 0 aliphatic carbocycles. The molecule has 0 aromatic heterocycles. The Kier molecular flexibility index (Phi) is 6.31. The Labute approximate surface area is 144 Å². The van der Waals surface area contributed by atoms with Crippen molar-refractivity contribution in [3.05, 3.63) is 0 Å². The van der Waals surface area contributed by atoms with Crippen LogP contribution in [0.15, 0.2) is 0 Å². The number of hydroxylamine groups is 2. The third-order valence-corrected chi connectivity index (χ3v) is 3.90. The van der Waals surface area contributed by atoms with E-state index in [1.165, 1.54) is 4.90 Å². The standard InChI is InChI=1S/C15H21N3O7/c1-2-24-15(23)17-9-7-16(8-10-17)11(19)5-6-14(22)25-18-12(20)3-4-13(18)21/h2-10H2,1H3. The van der Waals surface area contributed by atoms with Gasteiger partial charge in [0.05, 0.1) is 13.0 Å². The molecular formula is C15H21N3O7. The summed E-state index contributed by atoms with van der Waals surface area (Å²) in [6.45, 7) is 3.46. The van der Waals surface area contributed by atoms with Crippen molar-refractivity contribution in [3.8, 4) is 0 Å². The molecule has 0 atom stereocenters. The van der Waals surface area contributed by atoms with Crippen LogP contribution in [0.2, 0.25) is 0 Å². The summed E-state index contributed by atoms with van der Waals surface area (Å²) in [5.41, 5.74) is 0. The van der Waals surface area contributed by atoms with Crippen molar-refractivity contribution in [2.45, 2.75) is 32.6 Å². The summed E-state index contributed by atoms with van der Waals surface area (Å²) >= 11 is 0. The van der Waals surface area contributed by atoms with Crippen molar-refractivity contribution in [1.82, 2.24) is 14.9 Å². The Hall–Kier alpha value is -2.65. The van der Waals surface area contributed by atoms with E-state index in [1.807, 2.05) is 0 Å². The first-order chi connectivity index (χ1) is 11.9. The van der Waals surface area contributed by atoms with Gasteiger partial charge < -0.3 is 19.4 Å². The van der Waals surface area contributed by atoms with Crippen molar-refractivity contribution in [2.24, 2.45) is 0 Å². The molecule has 2 fully saturated rings. The van der Waals surface area contributed by atoms with Crippen molar-refractivity contribution in [3.63, 3.8) is 0 Å². The van der Waals surface area contributed by atoms with Crippen LogP contribution in [0.3, 0.4) is 0 Å². The molecule has 10 nitrogen and oxygen atoms in total. The van der Waals surface area contributed by atoms with E-state index < -0.39 is 23.9 Å². The number of nitrogens with zero attached hydrogens (tertiary/aromatic N) is 3. The zero-order chi connectivity index (χ0) is 18.4. The van der Waals surface area contributed by atoms with Gasteiger partial charge in [0.1, 0.15) is 0 Å². The van der Waals surface area contributed by atoms with Gasteiger partial charge in [-0.2, -0.15) is 0 Å². The van der Waals surface area contributed by atoms with Crippen LogP contribution >= 0.6 is 0 Å². The van der Waals surface area contributed by atoms with Gasteiger partial charge in [-0.25, -0.2) is 9.59 Å². The fourth-order valence-electron chi connectivity index (χ4n) is 2.53. The molecule has 2 saturated heterocycles. The molecule has 0 unspecified atom stereocenters. The van der Waals surface area contributed by atoms with Crippen LogP contribution in [-0.4, -0.2) is 77.4 Å². The first kappa shape index (κ1) is 18.7. The molecule has 0 aromatic carbocycles. The number of hydrogen-bond donors (Lipinski definition) is 0. The molecule has 0 aromatic rings. The summed E-state index contributed by atoms with van der Waals surface area (Å²) < 4.78 is 4.90. The molecule has 0 saturated carbocycles. The number of hydrogen-bond acceptors (Lipinski definition) is 7. The molecule has 4 amide bonds. The molecule has 2 heterocycles. The summed E-state index contributed by atoms with van der Waals surface area (Å²) in [5.74, 6) is -2.17. The van der Waals surface area contributed by atoms with Gasteiger partial charge in [-0.05, 0) is 6.92 Å². The summed E-state index contributed by atoms with van der Waals surface area (Å²) in [5, 5.41) is 0.463. The molecular weight excluding hydrogens is 334 g/mol. The number of rotatable bonds is 5. The molecule has 0 spiro atoms. The zero-order valence-electron chi connectivity index (χ0n) is 14.1. The Morgan fingerprint density at radius 3 is 2.04 bits per heavy atom. The van der Waals surface area contributed by atoms with E-state index in [-0.39, 0.29) is 31.6 Å². The quantitative estimate of drug-likeness (QED) is 0.621. The number of imide groups is 1. The monoisotopic (exact) mass is 355 g/mol. The molecule has 0 bridgehead atoms. The Morgan fingerprint density at radius 2 is 1.48 bits per heavy atom. The van der Waals surface area contributed by atoms with Crippen molar-refractivity contribution >= 4 is 29.8 Å². The molecule has 138 valence electrons. The Balaban J connectivity index is 1.70. The van der Waals surface area contributed by atoms with Crippen LogP contribution in [0.4, 0.5) is 4.79 Å². The topological polar surface area (TPSA) is 114 Å². The van der Waals surface area contributed by atoms with Gasteiger partial charge in [0.2, 0.25) is 5.91 Å². The van der Waals surface area contributed by atoms with Crippen LogP contribution in [0.5, 0.6) is 0 Å². The average Bonchev–Trinajstić information content (AvgIpc) is 2.92. The average molecular weight is 355 g/mol. The minimum absolute atomic E-state index is 0.0236. The molecule has 2 aliphatic heterocycles. The highest BCUT2D eigenvalue weighted by Gasteiger charge is 2.33. The maximum Gasteiger partial charge on any atom is 0.409 e. The predicted molar refractivity (Wildman–Crippen MR) is 81.6 cm³/mol. The summed E-state index contributed by atoms with van der Waals surface area (Å²) in [6.07, 6.45) is -0.674. The second kappa shape index (κ2) is 8.45. The van der Waals surface area contributed by atoms with Crippen LogP contribution in [0.1, 0.15) is 32.6 Å². The third kappa shape index (κ3) is 4.91. The van der Waals surface area contributed by atoms with Gasteiger partial charge >= 0.3 is 12.1 Å². The summed E-state index contributed by atoms with van der Waals surface area (Å²) in [7, 11) is 0. The molecule has 0 N–H and O–H groups in total. The van der Waals surface area contributed by atoms with Crippen LogP contribution < -0.4 is 0 Å². The SMILES string of the molecule is CCOC(=O)N1CCN(C(=O)CCC(=O)ON2C(=O)CCC2=O)CC1. The lowest BCUT2D eigenvalue weighted by molar-refractivity contribution is -0.197. The fourth-order valence-corrected chi connectivity index (χ4v) is 2.53. The molecule has 10 heteroatoms. The van der Waals surface area contributed by atoms with Crippen LogP contribution in [0.25, 0.3) is 0 Å². The lowest BCUT2D eigenvalue weighted by atomic mass is 10.2. The molecule has 0 radical (unpaired) electrons. The smallest absolute Gasteiger partial charge is 0.409 e.